The second kappa shape index (κ2) is 39.5. The van der Waals surface area contributed by atoms with E-state index in [1.54, 1.807) is 0 Å². The van der Waals surface area contributed by atoms with E-state index < -0.39 is 6.10 Å². The van der Waals surface area contributed by atoms with E-state index >= 15 is 0 Å². The van der Waals surface area contributed by atoms with Crippen molar-refractivity contribution in [1.29, 1.82) is 0 Å². The van der Waals surface area contributed by atoms with Crippen LogP contribution in [0.25, 0.3) is 0 Å². The second-order valence-electron chi connectivity index (χ2n) is 16.0. The van der Waals surface area contributed by atoms with Gasteiger partial charge in [-0.15, -0.1) is 0 Å². The predicted octanol–water partition coefficient (Wildman–Crippen LogP) is 11.5. The maximum absolute atomic E-state index is 13.0. The third-order valence-corrected chi connectivity index (χ3v) is 10.9. The average molecular weight is 739 g/mol. The molecule has 0 aromatic rings. The quantitative estimate of drug-likeness (QED) is 0.0427. The van der Waals surface area contributed by atoms with Crippen LogP contribution >= 0.6 is 0 Å². The number of rotatable bonds is 41. The van der Waals surface area contributed by atoms with E-state index in [1.807, 2.05) is 11.9 Å². The Balaban J connectivity index is 4.53. The molecule has 7 nitrogen and oxygen atoms in total. The molecule has 7 heteroatoms. The Hall–Kier alpha value is -1.18. The molecule has 0 fully saturated rings. The highest BCUT2D eigenvalue weighted by molar-refractivity contribution is 5.76. The Morgan fingerprint density at radius 2 is 0.962 bits per heavy atom. The van der Waals surface area contributed by atoms with Gasteiger partial charge in [-0.3, -0.25) is 9.59 Å². The van der Waals surface area contributed by atoms with Crippen molar-refractivity contribution in [3.05, 3.63) is 0 Å². The van der Waals surface area contributed by atoms with Gasteiger partial charge in [0, 0.05) is 19.5 Å². The van der Waals surface area contributed by atoms with E-state index in [1.165, 1.54) is 122 Å². The number of unbranched alkanes of at least 4 members (excludes halogenated alkanes) is 23. The summed E-state index contributed by atoms with van der Waals surface area (Å²) in [6.07, 6.45) is 36.2. The molecular weight excluding hydrogens is 649 g/mol. The van der Waals surface area contributed by atoms with Crippen LogP contribution in [0.5, 0.6) is 0 Å². The number of aliphatic hydroxyl groups excluding tert-OH is 2. The van der Waals surface area contributed by atoms with E-state index in [0.717, 1.165) is 77.0 Å². The van der Waals surface area contributed by atoms with Crippen LogP contribution < -0.4 is 5.32 Å². The Morgan fingerprint density at radius 3 is 1.44 bits per heavy atom. The molecule has 0 saturated heterocycles. The van der Waals surface area contributed by atoms with Crippen LogP contribution in [0, 0.1) is 5.92 Å². The normalized spacial score (nSPS) is 13.4. The van der Waals surface area contributed by atoms with Crippen LogP contribution in [-0.4, -0.2) is 72.5 Å². The Kier molecular flexibility index (Phi) is 38.6. The van der Waals surface area contributed by atoms with Gasteiger partial charge in [0.2, 0.25) is 5.91 Å². The predicted molar refractivity (Wildman–Crippen MR) is 222 cm³/mol. The Labute approximate surface area is 323 Å². The second-order valence-corrected chi connectivity index (χ2v) is 16.0. The fourth-order valence-corrected chi connectivity index (χ4v) is 7.27. The van der Waals surface area contributed by atoms with Crippen LogP contribution in [0.2, 0.25) is 0 Å². The molecule has 0 bridgehead atoms. The van der Waals surface area contributed by atoms with Gasteiger partial charge in [-0.05, 0) is 39.2 Å². The highest BCUT2D eigenvalue weighted by Gasteiger charge is 2.22. The summed E-state index contributed by atoms with van der Waals surface area (Å²) in [5, 5.41) is 23.5. The van der Waals surface area contributed by atoms with Gasteiger partial charge in [0.05, 0.1) is 31.3 Å². The minimum absolute atomic E-state index is 0.00811. The molecule has 3 N–H and O–H groups in total. The molecule has 0 aliphatic carbocycles. The van der Waals surface area contributed by atoms with Gasteiger partial charge in [-0.2, -0.15) is 0 Å². The van der Waals surface area contributed by atoms with Crippen LogP contribution in [0.1, 0.15) is 226 Å². The lowest BCUT2D eigenvalue weighted by Gasteiger charge is -2.25. The number of carbonyl (C=O) groups is 2. The highest BCUT2D eigenvalue weighted by Crippen LogP contribution is 2.21. The van der Waals surface area contributed by atoms with Crippen molar-refractivity contribution in [2.75, 3.05) is 33.4 Å². The summed E-state index contributed by atoms with van der Waals surface area (Å²) >= 11 is 0. The molecule has 0 aromatic heterocycles. The number of esters is 1. The molecule has 3 atom stereocenters. The van der Waals surface area contributed by atoms with Crippen molar-refractivity contribution < 1.29 is 24.5 Å². The minimum atomic E-state index is -0.534. The van der Waals surface area contributed by atoms with Gasteiger partial charge in [0.1, 0.15) is 0 Å². The van der Waals surface area contributed by atoms with Crippen molar-refractivity contribution in [1.82, 2.24) is 10.2 Å². The first-order chi connectivity index (χ1) is 25.4. The monoisotopic (exact) mass is 739 g/mol. The summed E-state index contributed by atoms with van der Waals surface area (Å²) in [5.41, 5.74) is 0. The van der Waals surface area contributed by atoms with E-state index in [0.29, 0.717) is 26.1 Å². The maximum Gasteiger partial charge on any atom is 0.308 e. The van der Waals surface area contributed by atoms with Crippen molar-refractivity contribution >= 4 is 11.9 Å². The van der Waals surface area contributed by atoms with Crippen molar-refractivity contribution in [3.8, 4) is 0 Å². The standard InChI is InChI=1S/C45H90N2O5/c1-5-8-11-14-16-17-18-19-20-21-22-24-30-35-43(49)42(46-44(50)36-37-47(4)38-39-48)34-29-25-26-31-40-52-45(51)41(32-27-13-10-7-3)33-28-23-15-12-9-6-2/h41-43,48-49H,5-40H2,1-4H3,(H,46,50). The molecular formula is C45H90N2O5. The van der Waals surface area contributed by atoms with Gasteiger partial charge >= 0.3 is 5.97 Å². The SMILES string of the molecule is CCCCCCCCCCCCCCCC(O)C(CCCCCCOC(=O)C(CCCCCC)CCCCCCCC)NC(=O)CCN(C)CCO. The average Bonchev–Trinajstić information content (AvgIpc) is 3.13. The molecule has 0 aromatic carbocycles. The third-order valence-electron chi connectivity index (χ3n) is 10.9. The lowest BCUT2D eigenvalue weighted by Crippen LogP contribution is -2.44. The van der Waals surface area contributed by atoms with Crippen LogP contribution in [0.4, 0.5) is 0 Å². The molecule has 0 spiro atoms. The first-order valence-electron chi connectivity index (χ1n) is 22.8. The zero-order chi connectivity index (χ0) is 38.3. The van der Waals surface area contributed by atoms with Crippen LogP contribution in [0.3, 0.4) is 0 Å². The van der Waals surface area contributed by atoms with Crippen molar-refractivity contribution in [2.45, 2.75) is 238 Å². The van der Waals surface area contributed by atoms with Gasteiger partial charge in [0.15, 0.2) is 0 Å². The molecule has 52 heavy (non-hydrogen) atoms. The summed E-state index contributed by atoms with van der Waals surface area (Å²) < 4.78 is 5.80. The first kappa shape index (κ1) is 50.8. The lowest BCUT2D eigenvalue weighted by molar-refractivity contribution is -0.149. The molecule has 0 rings (SSSR count). The molecule has 0 radical (unpaired) electrons. The fourth-order valence-electron chi connectivity index (χ4n) is 7.27. The molecule has 0 aliphatic rings. The summed E-state index contributed by atoms with van der Waals surface area (Å²) in [6.45, 7) is 8.45. The summed E-state index contributed by atoms with van der Waals surface area (Å²) in [7, 11) is 1.91. The number of nitrogens with zero attached hydrogens (tertiary/aromatic N) is 1. The number of hydrogen-bond acceptors (Lipinski definition) is 6. The summed E-state index contributed by atoms with van der Waals surface area (Å²) in [6, 6.07) is -0.235. The van der Waals surface area contributed by atoms with Gasteiger partial charge < -0.3 is 25.2 Å². The maximum atomic E-state index is 13.0. The molecule has 0 saturated carbocycles. The fraction of sp³-hybridized carbons (Fsp3) is 0.956. The largest absolute Gasteiger partial charge is 0.465 e. The van der Waals surface area contributed by atoms with Crippen LogP contribution in [0.15, 0.2) is 0 Å². The topological polar surface area (TPSA) is 99.1 Å². The Morgan fingerprint density at radius 1 is 0.558 bits per heavy atom. The number of hydrogen-bond donors (Lipinski definition) is 3. The Bertz CT molecular complexity index is 766. The van der Waals surface area contributed by atoms with Crippen LogP contribution in [-0.2, 0) is 14.3 Å². The van der Waals surface area contributed by atoms with Gasteiger partial charge in [0.25, 0.3) is 0 Å². The number of amides is 1. The summed E-state index contributed by atoms with van der Waals surface area (Å²) in [4.78, 5) is 27.8. The number of aliphatic hydroxyl groups is 2. The number of likely N-dealkylation sites (N-methyl/N-ethyl adjacent to an activating group) is 1. The third kappa shape index (κ3) is 33.4. The molecule has 0 aliphatic heterocycles. The number of ether oxygens (including phenoxy) is 1. The van der Waals surface area contributed by atoms with E-state index in [4.69, 9.17) is 4.74 Å². The van der Waals surface area contributed by atoms with E-state index in [9.17, 15) is 19.8 Å². The van der Waals surface area contributed by atoms with Crippen molar-refractivity contribution in [2.24, 2.45) is 5.92 Å². The van der Waals surface area contributed by atoms with Gasteiger partial charge in [-0.25, -0.2) is 0 Å². The molecule has 0 heterocycles. The molecule has 1 amide bonds. The zero-order valence-electron chi connectivity index (χ0n) is 35.3. The highest BCUT2D eigenvalue weighted by atomic mass is 16.5. The zero-order valence-corrected chi connectivity index (χ0v) is 35.3. The lowest BCUT2D eigenvalue weighted by atomic mass is 9.94. The first-order valence-corrected chi connectivity index (χ1v) is 22.8. The number of carbonyl (C=O) groups excluding carboxylic acids is 2. The molecule has 310 valence electrons. The minimum Gasteiger partial charge on any atom is -0.465 e. The van der Waals surface area contributed by atoms with Crippen molar-refractivity contribution in [3.63, 3.8) is 0 Å². The molecule has 3 unspecified atom stereocenters. The number of nitrogens with one attached hydrogen (secondary N) is 1. The van der Waals surface area contributed by atoms with Gasteiger partial charge in [-0.1, -0.05) is 188 Å². The van der Waals surface area contributed by atoms with E-state index in [-0.39, 0.29) is 30.4 Å². The smallest absolute Gasteiger partial charge is 0.308 e. The summed E-state index contributed by atoms with van der Waals surface area (Å²) in [5.74, 6) is 0.0253. The van der Waals surface area contributed by atoms with E-state index in [2.05, 4.69) is 26.1 Å².